The molecule has 3 heteroatoms. The van der Waals surface area contributed by atoms with Crippen molar-refractivity contribution in [3.05, 3.63) is 70.8 Å². The standard InChI is InChI=1S/C14H11ClF2/c1-9-6-11(8-13(17)7-9)14(15)10-2-4-12(16)5-3-10/h2-8,14H,1H3. The Morgan fingerprint density at radius 3 is 2.12 bits per heavy atom. The van der Waals surface area contributed by atoms with E-state index in [2.05, 4.69) is 0 Å². The van der Waals surface area contributed by atoms with Crippen molar-refractivity contribution in [3.63, 3.8) is 0 Å². The molecule has 2 aromatic carbocycles. The van der Waals surface area contributed by atoms with Gasteiger partial charge in [-0.3, -0.25) is 0 Å². The maximum Gasteiger partial charge on any atom is 0.123 e. The van der Waals surface area contributed by atoms with E-state index in [1.807, 2.05) is 6.07 Å². The van der Waals surface area contributed by atoms with Crippen LogP contribution in [0.1, 0.15) is 22.1 Å². The van der Waals surface area contributed by atoms with Gasteiger partial charge < -0.3 is 0 Å². The SMILES string of the molecule is Cc1cc(F)cc(C(Cl)c2ccc(F)cc2)c1. The fourth-order valence-corrected chi connectivity index (χ4v) is 2.01. The first-order chi connectivity index (χ1) is 8.06. The predicted molar refractivity (Wildman–Crippen MR) is 65.2 cm³/mol. The summed E-state index contributed by atoms with van der Waals surface area (Å²) in [4.78, 5) is 0. The van der Waals surface area contributed by atoms with Crippen molar-refractivity contribution in [1.82, 2.24) is 0 Å². The van der Waals surface area contributed by atoms with Crippen LogP contribution >= 0.6 is 11.6 Å². The quantitative estimate of drug-likeness (QED) is 0.685. The van der Waals surface area contributed by atoms with E-state index in [1.54, 1.807) is 19.1 Å². The van der Waals surface area contributed by atoms with Crippen molar-refractivity contribution >= 4 is 11.6 Å². The smallest absolute Gasteiger partial charge is 0.123 e. The third kappa shape index (κ3) is 2.83. The zero-order chi connectivity index (χ0) is 12.4. The van der Waals surface area contributed by atoms with Gasteiger partial charge in [0.2, 0.25) is 0 Å². The van der Waals surface area contributed by atoms with Crippen LogP contribution < -0.4 is 0 Å². The van der Waals surface area contributed by atoms with E-state index in [1.165, 1.54) is 24.3 Å². The van der Waals surface area contributed by atoms with Crippen LogP contribution in [0.4, 0.5) is 8.78 Å². The lowest BCUT2D eigenvalue weighted by atomic mass is 10.0. The minimum atomic E-state index is -0.468. The molecule has 1 atom stereocenters. The molecule has 1 unspecified atom stereocenters. The van der Waals surface area contributed by atoms with Crippen molar-refractivity contribution < 1.29 is 8.78 Å². The van der Waals surface area contributed by atoms with E-state index in [-0.39, 0.29) is 11.6 Å². The second-order valence-corrected chi connectivity index (χ2v) is 4.41. The summed E-state index contributed by atoms with van der Waals surface area (Å²) in [6, 6.07) is 10.6. The first kappa shape index (κ1) is 12.1. The van der Waals surface area contributed by atoms with E-state index < -0.39 is 5.38 Å². The molecular formula is C14H11ClF2. The predicted octanol–water partition coefficient (Wildman–Crippen LogP) is 4.60. The van der Waals surface area contributed by atoms with E-state index in [0.29, 0.717) is 5.56 Å². The highest BCUT2D eigenvalue weighted by Gasteiger charge is 2.12. The number of rotatable bonds is 2. The highest BCUT2D eigenvalue weighted by Crippen LogP contribution is 2.29. The van der Waals surface area contributed by atoms with Crippen molar-refractivity contribution in [2.75, 3.05) is 0 Å². The van der Waals surface area contributed by atoms with Crippen molar-refractivity contribution in [3.8, 4) is 0 Å². The van der Waals surface area contributed by atoms with E-state index in [9.17, 15) is 8.78 Å². The molecule has 0 aliphatic rings. The molecule has 0 saturated heterocycles. The highest BCUT2D eigenvalue weighted by molar-refractivity contribution is 6.22. The van der Waals surface area contributed by atoms with Crippen LogP contribution in [-0.4, -0.2) is 0 Å². The zero-order valence-corrected chi connectivity index (χ0v) is 10.0. The molecule has 0 aliphatic heterocycles. The molecule has 2 aromatic rings. The van der Waals surface area contributed by atoms with Gasteiger partial charge in [0.25, 0.3) is 0 Å². The molecule has 0 spiro atoms. The van der Waals surface area contributed by atoms with Crippen molar-refractivity contribution in [1.29, 1.82) is 0 Å². The Labute approximate surface area is 104 Å². The van der Waals surface area contributed by atoms with Gasteiger partial charge in [-0.2, -0.15) is 0 Å². The summed E-state index contributed by atoms with van der Waals surface area (Å²) in [5.74, 6) is -0.624. The Balaban J connectivity index is 2.36. The second-order valence-electron chi connectivity index (χ2n) is 3.98. The molecule has 0 heterocycles. The lowest BCUT2D eigenvalue weighted by Crippen LogP contribution is -1.95. The lowest BCUT2D eigenvalue weighted by molar-refractivity contribution is 0.623. The molecule has 0 N–H and O–H groups in total. The number of aryl methyl sites for hydroxylation is 1. The number of hydrogen-bond acceptors (Lipinski definition) is 0. The average Bonchev–Trinajstić information content (AvgIpc) is 2.28. The normalized spacial score (nSPS) is 12.5. The summed E-state index contributed by atoms with van der Waals surface area (Å²) in [7, 11) is 0. The van der Waals surface area contributed by atoms with Gasteiger partial charge in [0.05, 0.1) is 5.38 Å². The zero-order valence-electron chi connectivity index (χ0n) is 9.25. The first-order valence-corrected chi connectivity index (χ1v) is 5.66. The largest absolute Gasteiger partial charge is 0.207 e. The molecule has 2 rings (SSSR count). The highest BCUT2D eigenvalue weighted by atomic mass is 35.5. The van der Waals surface area contributed by atoms with Crippen LogP contribution in [0.25, 0.3) is 0 Å². The van der Waals surface area contributed by atoms with Crippen LogP contribution in [0.2, 0.25) is 0 Å². The average molecular weight is 253 g/mol. The molecule has 0 saturated carbocycles. The van der Waals surface area contributed by atoms with Crippen LogP contribution in [0.5, 0.6) is 0 Å². The Morgan fingerprint density at radius 1 is 0.882 bits per heavy atom. The molecule has 17 heavy (non-hydrogen) atoms. The van der Waals surface area contributed by atoms with Crippen LogP contribution in [-0.2, 0) is 0 Å². The first-order valence-electron chi connectivity index (χ1n) is 5.23. The van der Waals surface area contributed by atoms with Crippen molar-refractivity contribution in [2.45, 2.75) is 12.3 Å². The number of halogens is 3. The molecule has 0 radical (unpaired) electrons. The van der Waals surface area contributed by atoms with Gasteiger partial charge in [0.1, 0.15) is 11.6 Å². The Kier molecular flexibility index (Phi) is 3.43. The molecule has 0 aliphatic carbocycles. The van der Waals surface area contributed by atoms with Gasteiger partial charge in [-0.15, -0.1) is 11.6 Å². The molecule has 0 amide bonds. The molecule has 0 nitrogen and oxygen atoms in total. The van der Waals surface area contributed by atoms with E-state index >= 15 is 0 Å². The van der Waals surface area contributed by atoms with Gasteiger partial charge in [-0.1, -0.05) is 18.2 Å². The monoisotopic (exact) mass is 252 g/mol. The van der Waals surface area contributed by atoms with Gasteiger partial charge in [0, 0.05) is 0 Å². The maximum absolute atomic E-state index is 13.2. The van der Waals surface area contributed by atoms with Gasteiger partial charge in [-0.25, -0.2) is 8.78 Å². The van der Waals surface area contributed by atoms with Gasteiger partial charge >= 0.3 is 0 Å². The molecule has 0 bridgehead atoms. The van der Waals surface area contributed by atoms with Crippen LogP contribution in [0, 0.1) is 18.6 Å². The van der Waals surface area contributed by atoms with Gasteiger partial charge in [-0.05, 0) is 47.9 Å². The van der Waals surface area contributed by atoms with Gasteiger partial charge in [0.15, 0.2) is 0 Å². The number of alkyl halides is 1. The van der Waals surface area contributed by atoms with Crippen molar-refractivity contribution in [2.24, 2.45) is 0 Å². The van der Waals surface area contributed by atoms with Crippen LogP contribution in [0.3, 0.4) is 0 Å². The van der Waals surface area contributed by atoms with Crippen LogP contribution in [0.15, 0.2) is 42.5 Å². The summed E-state index contributed by atoms with van der Waals surface area (Å²) in [5.41, 5.74) is 2.24. The minimum Gasteiger partial charge on any atom is -0.207 e. The minimum absolute atomic E-state index is 0.312. The summed E-state index contributed by atoms with van der Waals surface area (Å²) < 4.78 is 26.0. The fourth-order valence-electron chi connectivity index (χ4n) is 1.74. The molecule has 0 fully saturated rings. The topological polar surface area (TPSA) is 0 Å². The van der Waals surface area contributed by atoms with E-state index in [0.717, 1.165) is 11.1 Å². The third-order valence-corrected chi connectivity index (χ3v) is 3.02. The maximum atomic E-state index is 13.2. The summed E-state index contributed by atoms with van der Waals surface area (Å²) in [6.45, 7) is 1.81. The Bertz CT molecular complexity index is 500. The fraction of sp³-hybridized carbons (Fsp3) is 0.143. The molecular weight excluding hydrogens is 242 g/mol. The third-order valence-electron chi connectivity index (χ3n) is 2.52. The second kappa shape index (κ2) is 4.84. The number of benzene rings is 2. The number of hydrogen-bond donors (Lipinski definition) is 0. The molecule has 88 valence electrons. The molecule has 0 aromatic heterocycles. The summed E-state index contributed by atoms with van der Waals surface area (Å²) >= 11 is 6.24. The summed E-state index contributed by atoms with van der Waals surface area (Å²) in [6.07, 6.45) is 0. The summed E-state index contributed by atoms with van der Waals surface area (Å²) in [5, 5.41) is -0.468. The lowest BCUT2D eigenvalue weighted by Gasteiger charge is -2.11. The van der Waals surface area contributed by atoms with E-state index in [4.69, 9.17) is 11.6 Å². The Hall–Kier alpha value is -1.41. The Morgan fingerprint density at radius 2 is 1.53 bits per heavy atom.